The van der Waals surface area contributed by atoms with E-state index in [1.165, 1.54) is 24.3 Å². The van der Waals surface area contributed by atoms with E-state index in [4.69, 9.17) is 5.73 Å². The van der Waals surface area contributed by atoms with Gasteiger partial charge in [0.2, 0.25) is 5.91 Å². The standard InChI is InChI=1S/C20H24FN3O2.ClH/c21-18-8-6-17(7-9-18)20(26)23-13-10-19(25)24(15-12-22)14-11-16-4-2-1-3-5-16;/h1-9H,10-15,22H2,(H,23,26);1H. The Morgan fingerprint density at radius 2 is 1.67 bits per heavy atom. The molecule has 0 bridgehead atoms. The maximum absolute atomic E-state index is 12.9. The first-order valence-corrected chi connectivity index (χ1v) is 8.65. The zero-order valence-corrected chi connectivity index (χ0v) is 15.9. The number of carbonyl (C=O) groups is 2. The lowest BCUT2D eigenvalue weighted by Crippen LogP contribution is -2.38. The van der Waals surface area contributed by atoms with E-state index in [-0.39, 0.29) is 37.2 Å². The predicted octanol–water partition coefficient (Wildman–Crippen LogP) is 2.40. The molecule has 0 unspecified atom stereocenters. The maximum Gasteiger partial charge on any atom is 0.251 e. The van der Waals surface area contributed by atoms with E-state index in [2.05, 4.69) is 5.32 Å². The minimum Gasteiger partial charge on any atom is -0.352 e. The fourth-order valence-electron chi connectivity index (χ4n) is 2.57. The zero-order chi connectivity index (χ0) is 18.8. The van der Waals surface area contributed by atoms with Crippen molar-refractivity contribution in [1.82, 2.24) is 10.2 Å². The molecule has 2 amide bonds. The summed E-state index contributed by atoms with van der Waals surface area (Å²) in [5, 5.41) is 2.68. The number of nitrogens with zero attached hydrogens (tertiary/aromatic N) is 1. The van der Waals surface area contributed by atoms with Crippen molar-refractivity contribution in [3.05, 3.63) is 71.5 Å². The molecule has 0 heterocycles. The molecule has 7 heteroatoms. The summed E-state index contributed by atoms with van der Waals surface area (Å²) in [4.78, 5) is 26.1. The molecule has 5 nitrogen and oxygen atoms in total. The Morgan fingerprint density at radius 1 is 1.00 bits per heavy atom. The fourth-order valence-corrected chi connectivity index (χ4v) is 2.57. The van der Waals surface area contributed by atoms with Crippen molar-refractivity contribution in [3.63, 3.8) is 0 Å². The van der Waals surface area contributed by atoms with Crippen molar-refractivity contribution < 1.29 is 14.0 Å². The molecule has 3 N–H and O–H groups in total. The van der Waals surface area contributed by atoms with Crippen LogP contribution >= 0.6 is 12.4 Å². The van der Waals surface area contributed by atoms with Crippen LogP contribution in [0, 0.1) is 5.82 Å². The monoisotopic (exact) mass is 393 g/mol. The van der Waals surface area contributed by atoms with E-state index in [0.717, 1.165) is 12.0 Å². The van der Waals surface area contributed by atoms with Crippen molar-refractivity contribution >= 4 is 24.2 Å². The summed E-state index contributed by atoms with van der Waals surface area (Å²) in [6.45, 7) is 1.69. The van der Waals surface area contributed by atoms with Gasteiger partial charge in [-0.05, 0) is 36.2 Å². The van der Waals surface area contributed by atoms with Crippen LogP contribution in [0.1, 0.15) is 22.3 Å². The summed E-state index contributed by atoms with van der Waals surface area (Å²) in [5.74, 6) is -0.772. The van der Waals surface area contributed by atoms with Gasteiger partial charge in [0.25, 0.3) is 5.91 Å². The van der Waals surface area contributed by atoms with E-state index < -0.39 is 5.82 Å². The van der Waals surface area contributed by atoms with Crippen LogP contribution in [0.25, 0.3) is 0 Å². The highest BCUT2D eigenvalue weighted by Gasteiger charge is 2.13. The Balaban J connectivity index is 0.00000364. The summed E-state index contributed by atoms with van der Waals surface area (Å²) >= 11 is 0. The van der Waals surface area contributed by atoms with Gasteiger partial charge in [-0.25, -0.2) is 4.39 Å². The third kappa shape index (κ3) is 7.76. The lowest BCUT2D eigenvalue weighted by atomic mass is 10.1. The largest absolute Gasteiger partial charge is 0.352 e. The normalized spacial score (nSPS) is 10.0. The molecule has 0 fully saturated rings. The van der Waals surface area contributed by atoms with Crippen LogP contribution in [0.5, 0.6) is 0 Å². The van der Waals surface area contributed by atoms with E-state index in [1.807, 2.05) is 30.3 Å². The molecule has 0 spiro atoms. The van der Waals surface area contributed by atoms with Gasteiger partial charge in [0.15, 0.2) is 0 Å². The first-order valence-electron chi connectivity index (χ1n) is 8.65. The van der Waals surface area contributed by atoms with Crippen LogP contribution in [-0.2, 0) is 11.2 Å². The van der Waals surface area contributed by atoms with Crippen molar-refractivity contribution in [2.24, 2.45) is 5.73 Å². The summed E-state index contributed by atoms with van der Waals surface area (Å²) in [5.41, 5.74) is 7.13. The van der Waals surface area contributed by atoms with Crippen LogP contribution < -0.4 is 11.1 Å². The van der Waals surface area contributed by atoms with Crippen molar-refractivity contribution in [2.75, 3.05) is 26.2 Å². The van der Waals surface area contributed by atoms with Gasteiger partial charge in [0.05, 0.1) is 0 Å². The summed E-state index contributed by atoms with van der Waals surface area (Å²) in [6, 6.07) is 15.2. The maximum atomic E-state index is 12.9. The molecular formula is C20H25ClFN3O2. The number of nitrogens with two attached hydrogens (primary N) is 1. The molecule has 2 rings (SSSR count). The van der Waals surface area contributed by atoms with Gasteiger partial charge in [-0.1, -0.05) is 30.3 Å². The lowest BCUT2D eigenvalue weighted by Gasteiger charge is -2.22. The van der Waals surface area contributed by atoms with Crippen molar-refractivity contribution in [2.45, 2.75) is 12.8 Å². The number of hydrogen-bond acceptors (Lipinski definition) is 3. The van der Waals surface area contributed by atoms with E-state index in [9.17, 15) is 14.0 Å². The molecule has 0 aliphatic rings. The summed E-state index contributed by atoms with van der Waals surface area (Å²) in [7, 11) is 0. The van der Waals surface area contributed by atoms with E-state index in [1.54, 1.807) is 4.90 Å². The number of hydrogen-bond donors (Lipinski definition) is 2. The Kier molecular flexibility index (Phi) is 10.1. The molecule has 0 aliphatic carbocycles. The number of nitrogens with one attached hydrogen (secondary N) is 1. The molecule has 146 valence electrons. The topological polar surface area (TPSA) is 75.4 Å². The zero-order valence-electron chi connectivity index (χ0n) is 15.1. The Labute approximate surface area is 165 Å². The minimum absolute atomic E-state index is 0. The van der Waals surface area contributed by atoms with Gasteiger partial charge < -0.3 is 16.0 Å². The highest BCUT2D eigenvalue weighted by atomic mass is 35.5. The van der Waals surface area contributed by atoms with Gasteiger partial charge in [0.1, 0.15) is 5.82 Å². The predicted molar refractivity (Wildman–Crippen MR) is 106 cm³/mol. The smallest absolute Gasteiger partial charge is 0.251 e. The van der Waals surface area contributed by atoms with Crippen molar-refractivity contribution in [1.29, 1.82) is 0 Å². The molecule has 0 saturated heterocycles. The fraction of sp³-hybridized carbons (Fsp3) is 0.300. The molecule has 0 saturated carbocycles. The summed E-state index contributed by atoms with van der Waals surface area (Å²) in [6.07, 6.45) is 0.955. The second-order valence-electron chi connectivity index (χ2n) is 5.92. The second kappa shape index (κ2) is 12.0. The van der Waals surface area contributed by atoms with Crippen molar-refractivity contribution in [3.8, 4) is 0 Å². The van der Waals surface area contributed by atoms with Gasteiger partial charge >= 0.3 is 0 Å². The SMILES string of the molecule is Cl.NCCN(CCc1ccccc1)C(=O)CCNC(=O)c1ccc(F)cc1. The van der Waals surface area contributed by atoms with Gasteiger partial charge in [-0.15, -0.1) is 12.4 Å². The van der Waals surface area contributed by atoms with Gasteiger partial charge in [0, 0.05) is 38.2 Å². The Hall–Kier alpha value is -2.44. The number of carbonyl (C=O) groups excluding carboxylic acids is 2. The summed E-state index contributed by atoms with van der Waals surface area (Å²) < 4.78 is 12.9. The van der Waals surface area contributed by atoms with Crippen LogP contribution in [0.2, 0.25) is 0 Å². The van der Waals surface area contributed by atoms with E-state index in [0.29, 0.717) is 25.2 Å². The Bertz CT molecular complexity index is 711. The van der Waals surface area contributed by atoms with Crippen LogP contribution in [-0.4, -0.2) is 42.9 Å². The van der Waals surface area contributed by atoms with Crippen LogP contribution in [0.15, 0.2) is 54.6 Å². The first-order chi connectivity index (χ1) is 12.6. The third-order valence-electron chi connectivity index (χ3n) is 4.00. The highest BCUT2D eigenvalue weighted by Crippen LogP contribution is 2.04. The van der Waals surface area contributed by atoms with Crippen LogP contribution in [0.3, 0.4) is 0 Å². The lowest BCUT2D eigenvalue weighted by molar-refractivity contribution is -0.130. The second-order valence-corrected chi connectivity index (χ2v) is 5.92. The van der Waals surface area contributed by atoms with Gasteiger partial charge in [-0.2, -0.15) is 0 Å². The molecule has 2 aromatic rings. The highest BCUT2D eigenvalue weighted by molar-refractivity contribution is 5.94. The number of rotatable bonds is 9. The average molecular weight is 394 g/mol. The number of halogens is 2. The number of amides is 2. The molecule has 0 atom stereocenters. The molecular weight excluding hydrogens is 369 g/mol. The molecule has 0 radical (unpaired) electrons. The van der Waals surface area contributed by atoms with Gasteiger partial charge in [-0.3, -0.25) is 9.59 Å². The Morgan fingerprint density at radius 3 is 2.30 bits per heavy atom. The molecule has 0 aliphatic heterocycles. The van der Waals surface area contributed by atoms with Crippen LogP contribution in [0.4, 0.5) is 4.39 Å². The first kappa shape index (κ1) is 22.6. The minimum atomic E-state index is -0.396. The quantitative estimate of drug-likeness (QED) is 0.686. The number of benzene rings is 2. The molecule has 27 heavy (non-hydrogen) atoms. The van der Waals surface area contributed by atoms with E-state index >= 15 is 0 Å². The third-order valence-corrected chi connectivity index (χ3v) is 4.00. The molecule has 0 aromatic heterocycles. The average Bonchev–Trinajstić information content (AvgIpc) is 2.66. The molecule has 2 aromatic carbocycles.